The molecule has 5 N–H and O–H groups in total. The van der Waals surface area contributed by atoms with E-state index in [2.05, 4.69) is 45.9 Å². The van der Waals surface area contributed by atoms with Gasteiger partial charge in [0.1, 0.15) is 17.0 Å². The molecule has 0 saturated carbocycles. The van der Waals surface area contributed by atoms with Crippen molar-refractivity contribution in [1.29, 1.82) is 0 Å². The Morgan fingerprint density at radius 2 is 1.80 bits per heavy atom. The Bertz CT molecular complexity index is 1320. The molecule has 35 heavy (non-hydrogen) atoms. The standard InChI is InChI=1S/C27H31N3O4S/c1-34-24-8-3-2-7-20(24)12-14-28-16-19-6-4-5-18(15-19)11-13-29-17-23(32)21-9-10-22(31)25-26(21)35-27(33)30-25/h2-10,15,23,28-29,31-32H,11-14,16-17H2,1H3,(H,30,33). The first-order valence-corrected chi connectivity index (χ1v) is 12.5. The molecule has 1 aromatic heterocycles. The number of aliphatic hydroxyl groups is 1. The van der Waals surface area contributed by atoms with Gasteiger partial charge in [-0.3, -0.25) is 4.79 Å². The summed E-state index contributed by atoms with van der Waals surface area (Å²) in [5, 5.41) is 27.3. The molecule has 1 unspecified atom stereocenters. The number of nitrogens with one attached hydrogen (secondary N) is 3. The number of methoxy groups -OCH3 is 1. The minimum atomic E-state index is -0.775. The zero-order valence-electron chi connectivity index (χ0n) is 19.7. The van der Waals surface area contributed by atoms with Crippen molar-refractivity contribution in [2.75, 3.05) is 26.7 Å². The Kier molecular flexibility index (Phi) is 8.54. The third-order valence-electron chi connectivity index (χ3n) is 5.96. The van der Waals surface area contributed by atoms with Gasteiger partial charge in [0, 0.05) is 18.7 Å². The number of aromatic amines is 1. The van der Waals surface area contributed by atoms with Crippen LogP contribution in [-0.4, -0.2) is 41.9 Å². The fourth-order valence-corrected chi connectivity index (χ4v) is 5.06. The molecule has 7 nitrogen and oxygen atoms in total. The smallest absolute Gasteiger partial charge is 0.305 e. The van der Waals surface area contributed by atoms with Crippen LogP contribution in [0.5, 0.6) is 11.5 Å². The fraction of sp³-hybridized carbons (Fsp3) is 0.296. The number of phenolic OH excluding ortho intramolecular Hbond substituents is 1. The molecule has 1 heterocycles. The number of para-hydroxylation sites is 1. The minimum Gasteiger partial charge on any atom is -0.506 e. The Balaban J connectivity index is 1.22. The van der Waals surface area contributed by atoms with Crippen LogP contribution in [0, 0.1) is 0 Å². The maximum absolute atomic E-state index is 11.7. The highest BCUT2D eigenvalue weighted by atomic mass is 32.1. The number of benzene rings is 3. The SMILES string of the molecule is COc1ccccc1CCNCc1cccc(CCNCC(O)c2ccc(O)c3[nH]c(=O)sc23)c1. The number of aliphatic hydroxyl groups excluding tert-OH is 1. The molecular formula is C27H31N3O4S. The molecule has 0 radical (unpaired) electrons. The van der Waals surface area contributed by atoms with Gasteiger partial charge in [-0.1, -0.05) is 59.9 Å². The molecule has 0 aliphatic rings. The van der Waals surface area contributed by atoms with Crippen molar-refractivity contribution in [3.8, 4) is 11.5 Å². The van der Waals surface area contributed by atoms with Gasteiger partial charge in [-0.05, 0) is 54.8 Å². The number of rotatable bonds is 12. The Morgan fingerprint density at radius 1 is 1.00 bits per heavy atom. The van der Waals surface area contributed by atoms with Crippen molar-refractivity contribution in [2.24, 2.45) is 0 Å². The Morgan fingerprint density at radius 3 is 2.66 bits per heavy atom. The first-order valence-electron chi connectivity index (χ1n) is 11.7. The lowest BCUT2D eigenvalue weighted by atomic mass is 10.1. The van der Waals surface area contributed by atoms with Gasteiger partial charge in [0.25, 0.3) is 0 Å². The maximum Gasteiger partial charge on any atom is 0.305 e. The molecule has 184 valence electrons. The predicted molar refractivity (Wildman–Crippen MR) is 140 cm³/mol. The summed E-state index contributed by atoms with van der Waals surface area (Å²) in [5.74, 6) is 0.934. The van der Waals surface area contributed by atoms with Crippen molar-refractivity contribution in [2.45, 2.75) is 25.5 Å². The lowest BCUT2D eigenvalue weighted by Crippen LogP contribution is -2.24. The van der Waals surface area contributed by atoms with E-state index < -0.39 is 6.10 Å². The van der Waals surface area contributed by atoms with E-state index in [0.29, 0.717) is 28.9 Å². The predicted octanol–water partition coefficient (Wildman–Crippen LogP) is 3.50. The number of hydrogen-bond donors (Lipinski definition) is 5. The summed E-state index contributed by atoms with van der Waals surface area (Å²) in [7, 11) is 1.70. The molecule has 0 bridgehead atoms. The summed E-state index contributed by atoms with van der Waals surface area (Å²) >= 11 is 0.996. The molecule has 0 spiro atoms. The van der Waals surface area contributed by atoms with E-state index in [0.717, 1.165) is 43.0 Å². The van der Waals surface area contributed by atoms with Gasteiger partial charge >= 0.3 is 4.87 Å². The highest BCUT2D eigenvalue weighted by molar-refractivity contribution is 7.16. The van der Waals surface area contributed by atoms with Crippen LogP contribution in [-0.2, 0) is 19.4 Å². The number of phenols is 1. The second-order valence-corrected chi connectivity index (χ2v) is 9.40. The molecule has 0 saturated heterocycles. The van der Waals surface area contributed by atoms with Gasteiger partial charge in [0.2, 0.25) is 0 Å². The molecule has 1 atom stereocenters. The van der Waals surface area contributed by atoms with Gasteiger partial charge < -0.3 is 30.6 Å². The zero-order valence-corrected chi connectivity index (χ0v) is 20.5. The number of H-pyrrole nitrogens is 1. The highest BCUT2D eigenvalue weighted by Gasteiger charge is 2.15. The van der Waals surface area contributed by atoms with Crippen LogP contribution < -0.4 is 20.2 Å². The van der Waals surface area contributed by atoms with E-state index in [1.54, 1.807) is 13.2 Å². The Hall–Kier alpha value is -3.17. The third kappa shape index (κ3) is 6.49. The molecule has 3 aromatic carbocycles. The van der Waals surface area contributed by atoms with Gasteiger partial charge in [-0.2, -0.15) is 0 Å². The van der Waals surface area contributed by atoms with Gasteiger partial charge in [-0.15, -0.1) is 0 Å². The number of aromatic hydroxyl groups is 1. The first-order chi connectivity index (χ1) is 17.0. The summed E-state index contributed by atoms with van der Waals surface area (Å²) in [6, 6.07) is 19.8. The molecule has 0 fully saturated rings. The molecule has 4 aromatic rings. The number of hydrogen-bond acceptors (Lipinski definition) is 7. The number of ether oxygens (including phenoxy) is 1. The molecule has 0 aliphatic heterocycles. The van der Waals surface area contributed by atoms with Crippen molar-refractivity contribution in [1.82, 2.24) is 15.6 Å². The summed E-state index contributed by atoms with van der Waals surface area (Å²) < 4.78 is 6.01. The van der Waals surface area contributed by atoms with Crippen LogP contribution >= 0.6 is 11.3 Å². The van der Waals surface area contributed by atoms with Crippen LogP contribution in [0.3, 0.4) is 0 Å². The third-order valence-corrected chi connectivity index (χ3v) is 6.89. The van der Waals surface area contributed by atoms with E-state index in [1.807, 2.05) is 18.2 Å². The van der Waals surface area contributed by atoms with E-state index in [1.165, 1.54) is 22.8 Å². The molecule has 8 heteroatoms. The quantitative estimate of drug-likeness (QED) is 0.194. The van der Waals surface area contributed by atoms with Crippen molar-refractivity contribution in [3.05, 3.63) is 92.6 Å². The van der Waals surface area contributed by atoms with Crippen LogP contribution in [0.15, 0.2) is 65.5 Å². The van der Waals surface area contributed by atoms with Crippen LogP contribution in [0.4, 0.5) is 0 Å². The lowest BCUT2D eigenvalue weighted by molar-refractivity contribution is 0.176. The van der Waals surface area contributed by atoms with Gasteiger partial charge in [-0.25, -0.2) is 0 Å². The number of aromatic nitrogens is 1. The van der Waals surface area contributed by atoms with E-state index in [9.17, 15) is 15.0 Å². The summed E-state index contributed by atoms with van der Waals surface area (Å²) in [6.07, 6.45) is 0.969. The van der Waals surface area contributed by atoms with Gasteiger partial charge in [0.15, 0.2) is 0 Å². The molecule has 0 aliphatic carbocycles. The van der Waals surface area contributed by atoms with E-state index in [-0.39, 0.29) is 10.6 Å². The second kappa shape index (κ2) is 12.0. The normalized spacial score (nSPS) is 12.2. The topological polar surface area (TPSA) is 107 Å². The maximum atomic E-state index is 11.7. The second-order valence-electron chi connectivity index (χ2n) is 8.42. The fourth-order valence-electron chi connectivity index (χ4n) is 4.14. The van der Waals surface area contributed by atoms with Crippen LogP contribution in [0.1, 0.15) is 28.4 Å². The van der Waals surface area contributed by atoms with Crippen LogP contribution in [0.25, 0.3) is 10.2 Å². The Labute approximate surface area is 208 Å². The van der Waals surface area contributed by atoms with Crippen molar-refractivity contribution >= 4 is 21.6 Å². The van der Waals surface area contributed by atoms with Crippen LogP contribution in [0.2, 0.25) is 0 Å². The van der Waals surface area contributed by atoms with E-state index >= 15 is 0 Å². The minimum absolute atomic E-state index is 0.0106. The van der Waals surface area contributed by atoms with E-state index in [4.69, 9.17) is 4.74 Å². The van der Waals surface area contributed by atoms with Gasteiger partial charge in [0.05, 0.1) is 17.9 Å². The summed E-state index contributed by atoms with van der Waals surface area (Å²) in [6.45, 7) is 2.73. The summed E-state index contributed by atoms with van der Waals surface area (Å²) in [5.41, 5.74) is 4.67. The average Bonchev–Trinajstić information content (AvgIpc) is 3.27. The molecular weight excluding hydrogens is 462 g/mol. The highest BCUT2D eigenvalue weighted by Crippen LogP contribution is 2.31. The van der Waals surface area contributed by atoms with Crippen molar-refractivity contribution in [3.63, 3.8) is 0 Å². The monoisotopic (exact) mass is 493 g/mol. The van der Waals surface area contributed by atoms with Crippen molar-refractivity contribution < 1.29 is 14.9 Å². The lowest BCUT2D eigenvalue weighted by Gasteiger charge is -2.14. The zero-order chi connectivity index (χ0) is 24.6. The number of thiazole rings is 1. The summed E-state index contributed by atoms with van der Waals surface area (Å²) in [4.78, 5) is 14.0. The number of fused-ring (bicyclic) bond motifs is 1. The molecule has 4 rings (SSSR count). The molecule has 0 amide bonds. The first kappa shape index (κ1) is 24.9. The largest absolute Gasteiger partial charge is 0.506 e. The average molecular weight is 494 g/mol.